The molecule has 8 nitrogen and oxygen atoms in total. The van der Waals surface area contributed by atoms with Crippen molar-refractivity contribution in [3.8, 4) is 17.2 Å². The molecule has 0 saturated carbocycles. The molecule has 1 amide bonds. The maximum atomic E-state index is 12.2. The highest BCUT2D eigenvalue weighted by Gasteiger charge is 2.20. The lowest BCUT2D eigenvalue weighted by molar-refractivity contribution is -0.127. The molecule has 0 N–H and O–H groups in total. The summed E-state index contributed by atoms with van der Waals surface area (Å²) in [5.41, 5.74) is 0.694. The van der Waals surface area contributed by atoms with Gasteiger partial charge in [-0.05, 0) is 35.4 Å². The largest absolute Gasteiger partial charge is 0.497 e. The number of carbonyl (C=O) groups excluding carboxylic acids is 1. The van der Waals surface area contributed by atoms with Gasteiger partial charge in [0.15, 0.2) is 0 Å². The number of hydrogen-bond acceptors (Lipinski definition) is 7. The average Bonchev–Trinajstić information content (AvgIpc) is 3.30. The van der Waals surface area contributed by atoms with Gasteiger partial charge in [0.25, 0.3) is 0 Å². The number of thioether (sulfide) groups is 1. The number of benzene rings is 1. The molecule has 0 radical (unpaired) electrons. The Labute approximate surface area is 144 Å². The summed E-state index contributed by atoms with van der Waals surface area (Å²) >= 11 is 1.32. The van der Waals surface area contributed by atoms with Crippen molar-refractivity contribution in [1.29, 1.82) is 0 Å². The van der Waals surface area contributed by atoms with E-state index < -0.39 is 0 Å². The number of hydrogen-bond donors (Lipinski definition) is 0. The van der Waals surface area contributed by atoms with Crippen LogP contribution in [-0.4, -0.2) is 64.1 Å². The number of methoxy groups -OCH3 is 2. The Morgan fingerprint density at radius 3 is 2.75 bits per heavy atom. The molecule has 0 spiro atoms. The quantitative estimate of drug-likeness (QED) is 0.729. The topological polar surface area (TPSA) is 82.4 Å². The van der Waals surface area contributed by atoms with Crippen molar-refractivity contribution in [2.75, 3.05) is 33.1 Å². The van der Waals surface area contributed by atoms with E-state index in [0.717, 1.165) is 25.9 Å². The van der Waals surface area contributed by atoms with Gasteiger partial charge in [0.05, 0.1) is 20.0 Å². The summed E-state index contributed by atoms with van der Waals surface area (Å²) in [4.78, 5) is 14.1. The Kier molecular flexibility index (Phi) is 5.19. The average molecular weight is 349 g/mol. The SMILES string of the molecule is COc1ccc(-n2nnnc2SCC(=O)N2CCCC2)c(OC)c1. The van der Waals surface area contributed by atoms with Crippen LogP contribution in [0.1, 0.15) is 12.8 Å². The number of ether oxygens (including phenoxy) is 2. The first kappa shape index (κ1) is 16.6. The van der Waals surface area contributed by atoms with Crippen LogP contribution in [0.15, 0.2) is 23.4 Å². The van der Waals surface area contributed by atoms with Crippen LogP contribution in [0.2, 0.25) is 0 Å². The number of nitrogens with zero attached hydrogens (tertiary/aromatic N) is 5. The maximum Gasteiger partial charge on any atom is 0.233 e. The maximum absolute atomic E-state index is 12.2. The molecular formula is C15H19N5O3S. The summed E-state index contributed by atoms with van der Waals surface area (Å²) in [7, 11) is 3.17. The molecule has 0 bridgehead atoms. The number of aromatic nitrogens is 4. The first-order valence-electron chi connectivity index (χ1n) is 7.64. The van der Waals surface area contributed by atoms with Crippen LogP contribution in [0.25, 0.3) is 5.69 Å². The van der Waals surface area contributed by atoms with Crippen molar-refractivity contribution in [2.45, 2.75) is 18.0 Å². The van der Waals surface area contributed by atoms with Gasteiger partial charge in [-0.1, -0.05) is 11.8 Å². The smallest absolute Gasteiger partial charge is 0.233 e. The van der Waals surface area contributed by atoms with E-state index in [4.69, 9.17) is 9.47 Å². The number of carbonyl (C=O) groups is 1. The summed E-state index contributed by atoms with van der Waals surface area (Å²) in [6.45, 7) is 1.69. The van der Waals surface area contributed by atoms with E-state index in [0.29, 0.717) is 28.1 Å². The molecule has 0 unspecified atom stereocenters. The van der Waals surface area contributed by atoms with Crippen LogP contribution < -0.4 is 9.47 Å². The van der Waals surface area contributed by atoms with Crippen molar-refractivity contribution < 1.29 is 14.3 Å². The van der Waals surface area contributed by atoms with Gasteiger partial charge in [0.1, 0.15) is 17.2 Å². The van der Waals surface area contributed by atoms with Crippen LogP contribution >= 0.6 is 11.8 Å². The third-order valence-electron chi connectivity index (χ3n) is 3.84. The number of amides is 1. The van der Waals surface area contributed by atoms with Crippen molar-refractivity contribution in [1.82, 2.24) is 25.1 Å². The van der Waals surface area contributed by atoms with E-state index in [2.05, 4.69) is 15.5 Å². The molecule has 0 atom stereocenters. The summed E-state index contributed by atoms with van der Waals surface area (Å²) in [5, 5.41) is 12.3. The molecule has 1 aromatic carbocycles. The van der Waals surface area contributed by atoms with Crippen LogP contribution in [0.4, 0.5) is 0 Å². The highest BCUT2D eigenvalue weighted by molar-refractivity contribution is 7.99. The lowest BCUT2D eigenvalue weighted by Gasteiger charge is -2.14. The molecule has 1 aliphatic heterocycles. The zero-order valence-corrected chi connectivity index (χ0v) is 14.5. The third kappa shape index (κ3) is 3.45. The molecule has 1 fully saturated rings. The van der Waals surface area contributed by atoms with Gasteiger partial charge in [-0.3, -0.25) is 4.79 Å². The van der Waals surface area contributed by atoms with E-state index in [9.17, 15) is 4.79 Å². The summed E-state index contributed by atoms with van der Waals surface area (Å²) in [5.74, 6) is 1.71. The van der Waals surface area contributed by atoms with Crippen molar-refractivity contribution in [3.05, 3.63) is 18.2 Å². The number of rotatable bonds is 6. The second kappa shape index (κ2) is 7.52. The van der Waals surface area contributed by atoms with Gasteiger partial charge in [0, 0.05) is 19.2 Å². The first-order chi connectivity index (χ1) is 11.7. The molecule has 1 aliphatic rings. The van der Waals surface area contributed by atoms with Gasteiger partial charge < -0.3 is 14.4 Å². The van der Waals surface area contributed by atoms with E-state index in [1.807, 2.05) is 17.0 Å². The van der Waals surface area contributed by atoms with Crippen molar-refractivity contribution in [2.24, 2.45) is 0 Å². The highest BCUT2D eigenvalue weighted by Crippen LogP contribution is 2.29. The second-order valence-corrected chi connectivity index (χ2v) is 6.23. The van der Waals surface area contributed by atoms with Crippen LogP contribution in [-0.2, 0) is 4.79 Å². The van der Waals surface area contributed by atoms with Gasteiger partial charge in [-0.2, -0.15) is 4.68 Å². The molecule has 24 heavy (non-hydrogen) atoms. The molecule has 9 heteroatoms. The van der Waals surface area contributed by atoms with Gasteiger partial charge in [-0.25, -0.2) is 0 Å². The molecule has 3 rings (SSSR count). The Balaban J connectivity index is 1.76. The minimum Gasteiger partial charge on any atom is -0.497 e. The fourth-order valence-electron chi connectivity index (χ4n) is 2.56. The van der Waals surface area contributed by atoms with Crippen LogP contribution in [0.5, 0.6) is 11.5 Å². The predicted octanol–water partition coefficient (Wildman–Crippen LogP) is 1.39. The molecule has 128 valence electrons. The van der Waals surface area contributed by atoms with Crippen LogP contribution in [0, 0.1) is 0 Å². The third-order valence-corrected chi connectivity index (χ3v) is 4.74. The van der Waals surface area contributed by atoms with Crippen molar-refractivity contribution >= 4 is 17.7 Å². The molecule has 2 aromatic rings. The fraction of sp³-hybridized carbons (Fsp3) is 0.467. The minimum atomic E-state index is 0.119. The lowest BCUT2D eigenvalue weighted by atomic mass is 10.3. The minimum absolute atomic E-state index is 0.119. The zero-order valence-electron chi connectivity index (χ0n) is 13.6. The number of likely N-dealkylation sites (tertiary alicyclic amines) is 1. The lowest BCUT2D eigenvalue weighted by Crippen LogP contribution is -2.29. The predicted molar refractivity (Wildman–Crippen MR) is 88.8 cm³/mol. The van der Waals surface area contributed by atoms with Crippen molar-refractivity contribution in [3.63, 3.8) is 0 Å². The monoisotopic (exact) mass is 349 g/mol. The summed E-state index contributed by atoms with van der Waals surface area (Å²) in [6.07, 6.45) is 2.16. The van der Waals surface area contributed by atoms with Gasteiger partial charge in [0.2, 0.25) is 11.1 Å². The molecular weight excluding hydrogens is 330 g/mol. The Bertz CT molecular complexity index is 715. The normalized spacial score (nSPS) is 14.0. The Morgan fingerprint density at radius 2 is 2.04 bits per heavy atom. The van der Waals surface area contributed by atoms with Gasteiger partial charge >= 0.3 is 0 Å². The summed E-state index contributed by atoms with van der Waals surface area (Å²) in [6, 6.07) is 5.39. The zero-order chi connectivity index (χ0) is 16.9. The van der Waals surface area contributed by atoms with E-state index >= 15 is 0 Å². The first-order valence-corrected chi connectivity index (χ1v) is 8.63. The van der Waals surface area contributed by atoms with Gasteiger partial charge in [-0.15, -0.1) is 5.10 Å². The number of tetrazole rings is 1. The highest BCUT2D eigenvalue weighted by atomic mass is 32.2. The van der Waals surface area contributed by atoms with E-state index in [-0.39, 0.29) is 5.91 Å². The molecule has 2 heterocycles. The summed E-state index contributed by atoms with van der Waals surface area (Å²) < 4.78 is 12.2. The molecule has 1 saturated heterocycles. The van der Waals surface area contributed by atoms with Crippen LogP contribution in [0.3, 0.4) is 0 Å². The van der Waals surface area contributed by atoms with E-state index in [1.165, 1.54) is 11.8 Å². The Hall–Kier alpha value is -2.29. The molecule has 1 aromatic heterocycles. The molecule has 0 aliphatic carbocycles. The van der Waals surface area contributed by atoms with E-state index in [1.54, 1.807) is 25.0 Å². The fourth-order valence-corrected chi connectivity index (χ4v) is 3.35. The Morgan fingerprint density at radius 1 is 1.25 bits per heavy atom. The standard InChI is InChI=1S/C15H19N5O3S/c1-22-11-5-6-12(13(9-11)23-2)20-15(16-17-18-20)24-10-14(21)19-7-3-4-8-19/h5-6,9H,3-4,7-8,10H2,1-2H3. The second-order valence-electron chi connectivity index (χ2n) is 5.29.